The lowest BCUT2D eigenvalue weighted by Crippen LogP contribution is -2.53. The Labute approximate surface area is 379 Å². The summed E-state index contributed by atoms with van der Waals surface area (Å²) in [4.78, 5) is 29.5. The molecule has 4 unspecified atom stereocenters. The van der Waals surface area contributed by atoms with Gasteiger partial charge in [0.05, 0.1) is 0 Å². The van der Waals surface area contributed by atoms with Gasteiger partial charge in [-0.05, 0) is 186 Å². The Morgan fingerprint density at radius 2 is 0.968 bits per heavy atom. The van der Waals surface area contributed by atoms with Crippen molar-refractivity contribution >= 4 is 66.0 Å². The van der Waals surface area contributed by atoms with Gasteiger partial charge in [-0.15, -0.1) is 12.4 Å². The van der Waals surface area contributed by atoms with Gasteiger partial charge in [0.25, 0.3) is 0 Å². The highest BCUT2D eigenvalue weighted by atomic mass is 35.7. The molecule has 0 radical (unpaired) electrons. The molecule has 4 bridgehead atoms. The largest absolute Gasteiger partial charge is 0.333 e. The second kappa shape index (κ2) is 19.8. The SMILES string of the molecule is CCN1C2CCC1CC(N)C2.CCN1C2CCC1CC(NS(=O)(=O)NC(=O)Nc1c3c(cc4c1CCC4)CCC3)C2.Cl.O=C(Nc1c2c(cc3c1CCC3)CCC2)NS(=O)(=O)Cl. The molecule has 62 heavy (non-hydrogen) atoms. The lowest BCUT2D eigenvalue weighted by atomic mass is 9.98. The van der Waals surface area contributed by atoms with Gasteiger partial charge in [0.15, 0.2) is 0 Å². The molecule has 2 aromatic rings. The van der Waals surface area contributed by atoms with E-state index >= 15 is 0 Å². The molecule has 10 rings (SSSR count). The van der Waals surface area contributed by atoms with Crippen molar-refractivity contribution in [2.75, 3.05) is 23.7 Å². The van der Waals surface area contributed by atoms with Gasteiger partial charge in [-0.1, -0.05) is 26.0 Å². The third-order valence-corrected chi connectivity index (χ3v) is 16.5. The lowest BCUT2D eigenvalue weighted by molar-refractivity contribution is 0.131. The van der Waals surface area contributed by atoms with Gasteiger partial charge in [0, 0.05) is 58.3 Å². The fraction of sp³-hybridized carbons (Fsp3) is 0.682. The Bertz CT molecular complexity index is 2140. The number of fused-ring (bicyclic) bond motifs is 8. The Hall–Kier alpha value is -2.70. The van der Waals surface area contributed by atoms with Crippen LogP contribution in [-0.2, 0) is 70.8 Å². The smallest absolute Gasteiger partial charge is 0.328 e. The highest BCUT2D eigenvalue weighted by Crippen LogP contribution is 2.41. The van der Waals surface area contributed by atoms with E-state index in [-0.39, 0.29) is 18.4 Å². The number of benzene rings is 2. The number of hydrogen-bond acceptors (Lipinski definition) is 9. The Morgan fingerprint density at radius 1 is 0.613 bits per heavy atom. The summed E-state index contributed by atoms with van der Waals surface area (Å²) in [6, 6.07) is 6.02. The molecule has 4 amide bonds. The minimum Gasteiger partial charge on any atom is -0.328 e. The van der Waals surface area contributed by atoms with E-state index in [9.17, 15) is 26.4 Å². The van der Waals surface area contributed by atoms with Gasteiger partial charge in [-0.25, -0.2) is 19.0 Å². The zero-order valence-electron chi connectivity index (χ0n) is 36.2. The first-order chi connectivity index (χ1) is 29.2. The number of amides is 4. The normalized spacial score (nSPS) is 26.7. The molecular weight excluding hydrogens is 872 g/mol. The molecule has 4 fully saturated rings. The van der Waals surface area contributed by atoms with Crippen molar-refractivity contribution < 1.29 is 26.4 Å². The van der Waals surface area contributed by atoms with Crippen molar-refractivity contribution in [2.45, 2.75) is 179 Å². The number of nitrogens with zero attached hydrogens (tertiary/aromatic N) is 2. The Morgan fingerprint density at radius 3 is 1.32 bits per heavy atom. The van der Waals surface area contributed by atoms with Crippen LogP contribution in [0.2, 0.25) is 0 Å². The van der Waals surface area contributed by atoms with E-state index in [0.29, 0.717) is 18.1 Å². The molecule has 2 aromatic carbocycles. The number of piperidine rings is 2. The molecule has 4 heterocycles. The Balaban J connectivity index is 0.000000155. The maximum atomic E-state index is 12.7. The number of nitrogens with one attached hydrogen (secondary N) is 5. The average molecular weight is 938 g/mol. The van der Waals surface area contributed by atoms with Crippen LogP contribution in [0.4, 0.5) is 21.0 Å². The molecule has 4 saturated heterocycles. The topological polar surface area (TPSA) is 195 Å². The van der Waals surface area contributed by atoms with Gasteiger partial charge in [0.1, 0.15) is 0 Å². The molecule has 0 saturated carbocycles. The number of carbonyl (C=O) groups is 2. The van der Waals surface area contributed by atoms with Crippen LogP contribution in [0.15, 0.2) is 12.1 Å². The summed E-state index contributed by atoms with van der Waals surface area (Å²) in [5.74, 6) is 0. The van der Waals surface area contributed by atoms with E-state index in [1.54, 1.807) is 4.72 Å². The molecule has 4 aliphatic heterocycles. The lowest BCUT2D eigenvalue weighted by Gasteiger charge is -2.38. The quantitative estimate of drug-likeness (QED) is 0.165. The first kappa shape index (κ1) is 47.3. The number of hydrogen-bond donors (Lipinski definition) is 6. The van der Waals surface area contributed by atoms with E-state index in [4.69, 9.17) is 16.4 Å². The monoisotopic (exact) mass is 936 g/mol. The average Bonchev–Trinajstić information content (AvgIpc) is 4.05. The van der Waals surface area contributed by atoms with Gasteiger partial charge < -0.3 is 16.4 Å². The summed E-state index contributed by atoms with van der Waals surface area (Å²) in [5, 5.41) is 5.59. The third-order valence-electron chi connectivity index (χ3n) is 14.7. The van der Waals surface area contributed by atoms with Gasteiger partial charge in [0.2, 0.25) is 0 Å². The number of rotatable bonds is 8. The fourth-order valence-electron chi connectivity index (χ4n) is 12.4. The maximum Gasteiger partial charge on any atom is 0.333 e. The first-order valence-electron chi connectivity index (χ1n) is 22.9. The minimum absolute atomic E-state index is 0. The van der Waals surface area contributed by atoms with Crippen LogP contribution in [0, 0.1) is 0 Å². The predicted molar refractivity (Wildman–Crippen MR) is 248 cm³/mol. The number of nitrogens with two attached hydrogens (primary N) is 1. The minimum atomic E-state index is -4.06. The van der Waals surface area contributed by atoms with Crippen LogP contribution in [0.3, 0.4) is 0 Å². The molecule has 0 aromatic heterocycles. The number of halogens is 2. The van der Waals surface area contributed by atoms with Gasteiger partial charge in [-0.2, -0.15) is 21.6 Å². The fourth-order valence-corrected chi connectivity index (χ4v) is 13.9. The van der Waals surface area contributed by atoms with E-state index < -0.39 is 31.5 Å². The van der Waals surface area contributed by atoms with Gasteiger partial charge in [-0.3, -0.25) is 9.80 Å². The summed E-state index contributed by atoms with van der Waals surface area (Å²) in [6.45, 7) is 6.67. The maximum absolute atomic E-state index is 12.7. The van der Waals surface area contributed by atoms with Crippen molar-refractivity contribution in [3.8, 4) is 0 Å². The second-order valence-electron chi connectivity index (χ2n) is 18.5. The number of aryl methyl sites for hydroxylation is 4. The zero-order valence-corrected chi connectivity index (χ0v) is 39.4. The van der Waals surface area contributed by atoms with Gasteiger partial charge >= 0.3 is 31.5 Å². The first-order valence-corrected chi connectivity index (χ1v) is 26.7. The van der Waals surface area contributed by atoms with Crippen LogP contribution in [0.25, 0.3) is 0 Å². The van der Waals surface area contributed by atoms with E-state index in [1.807, 2.05) is 0 Å². The van der Waals surface area contributed by atoms with E-state index in [2.05, 4.69) is 55.9 Å². The molecule has 0 spiro atoms. The summed E-state index contributed by atoms with van der Waals surface area (Å²) in [7, 11) is -2.93. The van der Waals surface area contributed by atoms with Crippen molar-refractivity contribution in [1.29, 1.82) is 0 Å². The molecular formula is C44H66Cl2N8O6S2. The van der Waals surface area contributed by atoms with E-state index in [1.165, 1.54) is 65.6 Å². The molecule has 4 aliphatic carbocycles. The van der Waals surface area contributed by atoms with Crippen LogP contribution in [-0.4, -0.2) is 88.0 Å². The third kappa shape index (κ3) is 10.7. The van der Waals surface area contributed by atoms with Crippen LogP contribution >= 0.6 is 23.1 Å². The zero-order chi connectivity index (χ0) is 43.1. The summed E-state index contributed by atoms with van der Waals surface area (Å²) in [5.41, 5.74) is 17.4. The molecule has 4 atom stereocenters. The molecule has 7 N–H and O–H groups in total. The highest BCUT2D eigenvalue weighted by Gasteiger charge is 2.41. The summed E-state index contributed by atoms with van der Waals surface area (Å²) < 4.78 is 53.8. The number of carbonyl (C=O) groups excluding carboxylic acids is 2. The predicted octanol–water partition coefficient (Wildman–Crippen LogP) is 6.29. The van der Waals surface area contributed by atoms with Crippen molar-refractivity contribution in [3.05, 3.63) is 56.6 Å². The number of urea groups is 2. The van der Waals surface area contributed by atoms with Crippen LogP contribution in [0.1, 0.15) is 135 Å². The van der Waals surface area contributed by atoms with Crippen LogP contribution in [0.5, 0.6) is 0 Å². The summed E-state index contributed by atoms with van der Waals surface area (Å²) in [6.07, 6.45) is 21.3. The molecule has 344 valence electrons. The Kier molecular flexibility index (Phi) is 15.1. The molecule has 8 aliphatic rings. The molecule has 14 nitrogen and oxygen atoms in total. The highest BCUT2D eigenvalue weighted by molar-refractivity contribution is 8.12. The van der Waals surface area contributed by atoms with Crippen molar-refractivity contribution in [1.82, 2.24) is 24.0 Å². The molecule has 18 heteroatoms. The second-order valence-corrected chi connectivity index (χ2v) is 22.2. The van der Waals surface area contributed by atoms with E-state index in [0.717, 1.165) is 144 Å². The number of anilines is 2. The van der Waals surface area contributed by atoms with Crippen molar-refractivity contribution in [3.63, 3.8) is 0 Å². The standard InChI is InChI=1S/C22H32N4O3S.C13H15ClN2O3S.C9H18N2.ClH/c1-2-26-17-9-10-18(26)13-16(12-17)24-30(28,29)25-22(27)23-21-19-7-3-5-14(19)11-15-6-4-8-20(15)21;14-20(18,19)16-13(17)15-12-10-5-1-3-8(10)7-9-4-2-6-11(9)12;1-2-11-8-3-4-9(11)6-7(10)5-8;/h11,16-18,24H,2-10,12-13H2,1H3,(H2,23,25,27);7H,1-6H2,(H2,15,16,17);7-9H,2-6,10H2,1H3;1H. The summed E-state index contributed by atoms with van der Waals surface area (Å²) >= 11 is 0. The van der Waals surface area contributed by atoms with Crippen molar-refractivity contribution in [2.24, 2.45) is 5.73 Å². The van der Waals surface area contributed by atoms with Crippen LogP contribution < -0.4 is 30.5 Å².